The van der Waals surface area contributed by atoms with Gasteiger partial charge >= 0.3 is 0 Å². The van der Waals surface area contributed by atoms with Crippen LogP contribution in [0, 0.1) is 6.92 Å². The van der Waals surface area contributed by atoms with Gasteiger partial charge in [-0.1, -0.05) is 0 Å². The van der Waals surface area contributed by atoms with Gasteiger partial charge in [0.2, 0.25) is 0 Å². The largest absolute Gasteiger partial charge is 0.447 e. The van der Waals surface area contributed by atoms with Gasteiger partial charge in [0.25, 0.3) is 0 Å². The van der Waals surface area contributed by atoms with Crippen LogP contribution in [0.2, 0.25) is 0 Å². The minimum absolute atomic E-state index is 0.896. The molecule has 1 aliphatic heterocycles. The number of aryl methyl sites for hydroxylation is 1. The van der Waals surface area contributed by atoms with E-state index in [-0.39, 0.29) is 0 Å². The quantitative estimate of drug-likeness (QED) is 0.716. The third-order valence-electron chi connectivity index (χ3n) is 2.42. The predicted octanol–water partition coefficient (Wildman–Crippen LogP) is 0.388. The Hall–Kier alpha value is -0.870. The lowest BCUT2D eigenvalue weighted by atomic mass is 10.3. The Morgan fingerprint density at radius 3 is 2.92 bits per heavy atom. The lowest BCUT2D eigenvalue weighted by Gasteiger charge is -2.26. The molecule has 1 N–H and O–H groups in total. The summed E-state index contributed by atoms with van der Waals surface area (Å²) in [5.41, 5.74) is 1.01. The topological polar surface area (TPSA) is 41.3 Å². The maximum atomic E-state index is 5.29. The van der Waals surface area contributed by atoms with E-state index in [0.717, 1.165) is 44.2 Å². The molecular weight excluding hydrogens is 166 g/mol. The van der Waals surface area contributed by atoms with Crippen LogP contribution in [0.4, 0.5) is 0 Å². The van der Waals surface area contributed by atoms with E-state index in [9.17, 15) is 0 Å². The van der Waals surface area contributed by atoms with Crippen molar-refractivity contribution in [1.29, 1.82) is 0 Å². The molecule has 1 aliphatic rings. The Kier molecular flexibility index (Phi) is 2.61. The smallest absolute Gasteiger partial charge is 0.181 e. The van der Waals surface area contributed by atoms with Crippen LogP contribution in [0.15, 0.2) is 10.8 Å². The monoisotopic (exact) mass is 181 g/mol. The molecule has 2 heterocycles. The average Bonchev–Trinajstić information content (AvgIpc) is 2.54. The fourth-order valence-electron chi connectivity index (χ4n) is 1.55. The zero-order valence-corrected chi connectivity index (χ0v) is 7.92. The van der Waals surface area contributed by atoms with Crippen LogP contribution in [-0.4, -0.2) is 36.1 Å². The molecule has 2 rings (SSSR count). The van der Waals surface area contributed by atoms with Crippen molar-refractivity contribution in [2.45, 2.75) is 13.5 Å². The summed E-state index contributed by atoms with van der Waals surface area (Å²) in [5, 5.41) is 3.32. The van der Waals surface area contributed by atoms with E-state index >= 15 is 0 Å². The van der Waals surface area contributed by atoms with Gasteiger partial charge in [0.15, 0.2) is 6.39 Å². The summed E-state index contributed by atoms with van der Waals surface area (Å²) in [6.07, 6.45) is 1.52. The van der Waals surface area contributed by atoms with Gasteiger partial charge < -0.3 is 9.73 Å². The summed E-state index contributed by atoms with van der Waals surface area (Å²) in [6, 6.07) is 0. The van der Waals surface area contributed by atoms with E-state index in [0.29, 0.717) is 0 Å². The number of hydrogen-bond donors (Lipinski definition) is 1. The third kappa shape index (κ3) is 2.08. The minimum atomic E-state index is 0.896. The van der Waals surface area contributed by atoms with E-state index in [1.165, 1.54) is 6.39 Å². The fraction of sp³-hybridized carbons (Fsp3) is 0.667. The summed E-state index contributed by atoms with van der Waals surface area (Å²) in [6.45, 7) is 7.23. The van der Waals surface area contributed by atoms with Crippen molar-refractivity contribution < 1.29 is 4.42 Å². The number of aromatic nitrogens is 1. The van der Waals surface area contributed by atoms with Gasteiger partial charge in [-0.15, -0.1) is 0 Å². The van der Waals surface area contributed by atoms with Crippen LogP contribution in [-0.2, 0) is 6.54 Å². The molecule has 13 heavy (non-hydrogen) atoms. The van der Waals surface area contributed by atoms with E-state index in [2.05, 4.69) is 15.2 Å². The molecule has 0 atom stereocenters. The first-order chi connectivity index (χ1) is 6.36. The number of rotatable bonds is 2. The van der Waals surface area contributed by atoms with Crippen molar-refractivity contribution in [3.8, 4) is 0 Å². The maximum Gasteiger partial charge on any atom is 0.181 e. The molecule has 0 aliphatic carbocycles. The predicted molar refractivity (Wildman–Crippen MR) is 49.4 cm³/mol. The molecule has 1 aromatic heterocycles. The summed E-state index contributed by atoms with van der Waals surface area (Å²) in [4.78, 5) is 6.45. The first-order valence-corrected chi connectivity index (χ1v) is 4.68. The third-order valence-corrected chi connectivity index (χ3v) is 2.42. The highest BCUT2D eigenvalue weighted by molar-refractivity contribution is 5.04. The molecule has 0 amide bonds. The standard InChI is InChI=1S/C9H15N3O/c1-8-9(13-7-11-8)6-12-4-2-10-3-5-12/h7,10H,2-6H2,1H3. The lowest BCUT2D eigenvalue weighted by molar-refractivity contribution is 0.215. The molecule has 4 nitrogen and oxygen atoms in total. The van der Waals surface area contributed by atoms with Gasteiger partial charge in [-0.25, -0.2) is 4.98 Å². The SMILES string of the molecule is Cc1ncoc1CN1CCNCC1. The molecule has 0 unspecified atom stereocenters. The number of piperazine rings is 1. The number of hydrogen-bond acceptors (Lipinski definition) is 4. The molecule has 0 radical (unpaired) electrons. The number of nitrogens with one attached hydrogen (secondary N) is 1. The second-order valence-corrected chi connectivity index (χ2v) is 3.39. The Labute approximate surface area is 77.9 Å². The highest BCUT2D eigenvalue weighted by Crippen LogP contribution is 2.08. The van der Waals surface area contributed by atoms with Crippen LogP contribution < -0.4 is 5.32 Å². The summed E-state index contributed by atoms with van der Waals surface area (Å²) in [7, 11) is 0. The van der Waals surface area contributed by atoms with Gasteiger partial charge in [-0.3, -0.25) is 4.90 Å². The lowest BCUT2D eigenvalue weighted by Crippen LogP contribution is -2.42. The summed E-state index contributed by atoms with van der Waals surface area (Å²) >= 11 is 0. The van der Waals surface area contributed by atoms with Crippen LogP contribution in [0.1, 0.15) is 11.5 Å². The molecule has 72 valence electrons. The van der Waals surface area contributed by atoms with Crippen molar-refractivity contribution in [3.63, 3.8) is 0 Å². The Morgan fingerprint density at radius 2 is 2.31 bits per heavy atom. The Morgan fingerprint density at radius 1 is 1.54 bits per heavy atom. The molecule has 0 bridgehead atoms. The first-order valence-electron chi connectivity index (χ1n) is 4.68. The molecule has 1 saturated heterocycles. The second kappa shape index (κ2) is 3.89. The zero-order chi connectivity index (χ0) is 9.10. The van der Waals surface area contributed by atoms with Crippen LogP contribution in [0.25, 0.3) is 0 Å². The minimum Gasteiger partial charge on any atom is -0.447 e. The molecule has 1 aromatic rings. The van der Waals surface area contributed by atoms with Crippen LogP contribution >= 0.6 is 0 Å². The molecule has 0 spiro atoms. The van der Waals surface area contributed by atoms with Crippen molar-refractivity contribution in [1.82, 2.24) is 15.2 Å². The Balaban J connectivity index is 1.93. The van der Waals surface area contributed by atoms with Crippen molar-refractivity contribution in [2.75, 3.05) is 26.2 Å². The van der Waals surface area contributed by atoms with E-state index in [4.69, 9.17) is 4.42 Å². The molecule has 4 heteroatoms. The van der Waals surface area contributed by atoms with Crippen LogP contribution in [0.3, 0.4) is 0 Å². The fourth-order valence-corrected chi connectivity index (χ4v) is 1.55. The normalized spacial score (nSPS) is 19.2. The zero-order valence-electron chi connectivity index (χ0n) is 7.92. The maximum absolute atomic E-state index is 5.29. The van der Waals surface area contributed by atoms with Gasteiger partial charge in [-0.2, -0.15) is 0 Å². The molecule has 0 aromatic carbocycles. The highest BCUT2D eigenvalue weighted by Gasteiger charge is 2.12. The molecule has 1 fully saturated rings. The average molecular weight is 181 g/mol. The van der Waals surface area contributed by atoms with E-state index in [1.54, 1.807) is 0 Å². The van der Waals surface area contributed by atoms with E-state index in [1.807, 2.05) is 6.92 Å². The van der Waals surface area contributed by atoms with Gasteiger partial charge in [0.1, 0.15) is 5.76 Å². The van der Waals surface area contributed by atoms with Crippen molar-refractivity contribution >= 4 is 0 Å². The van der Waals surface area contributed by atoms with Gasteiger partial charge in [0.05, 0.1) is 12.2 Å². The molecular formula is C9H15N3O. The van der Waals surface area contributed by atoms with Crippen molar-refractivity contribution in [2.24, 2.45) is 0 Å². The molecule has 0 saturated carbocycles. The summed E-state index contributed by atoms with van der Waals surface area (Å²) < 4.78 is 5.29. The van der Waals surface area contributed by atoms with Gasteiger partial charge in [-0.05, 0) is 6.92 Å². The Bertz CT molecular complexity index is 266. The van der Waals surface area contributed by atoms with E-state index < -0.39 is 0 Å². The summed E-state index contributed by atoms with van der Waals surface area (Å²) in [5.74, 6) is 1.00. The second-order valence-electron chi connectivity index (χ2n) is 3.39. The first kappa shape index (κ1) is 8.72. The number of nitrogens with zero attached hydrogens (tertiary/aromatic N) is 2. The van der Waals surface area contributed by atoms with Crippen molar-refractivity contribution in [3.05, 3.63) is 17.8 Å². The highest BCUT2D eigenvalue weighted by atomic mass is 16.3. The number of oxazole rings is 1. The van der Waals surface area contributed by atoms with Gasteiger partial charge in [0, 0.05) is 26.2 Å². The van der Waals surface area contributed by atoms with Crippen LogP contribution in [0.5, 0.6) is 0 Å².